The van der Waals surface area contributed by atoms with Crippen LogP contribution in [0.25, 0.3) is 0 Å². The van der Waals surface area contributed by atoms with Gasteiger partial charge in [-0.2, -0.15) is 13.2 Å². The Morgan fingerprint density at radius 2 is 2.00 bits per heavy atom. The average Bonchev–Trinajstić information content (AvgIpc) is 2.34. The predicted octanol–water partition coefficient (Wildman–Crippen LogP) is 2.58. The van der Waals surface area contributed by atoms with E-state index in [9.17, 15) is 17.6 Å². The topological polar surface area (TPSA) is 32.7 Å². The van der Waals surface area contributed by atoms with Crippen molar-refractivity contribution in [3.05, 3.63) is 29.6 Å². The van der Waals surface area contributed by atoms with Crippen molar-refractivity contribution in [3.63, 3.8) is 0 Å². The van der Waals surface area contributed by atoms with Crippen LogP contribution >= 0.6 is 0 Å². The Kier molecular flexibility index (Phi) is 6.22. The Labute approximate surface area is 114 Å². The molecule has 0 aliphatic rings. The molecule has 0 aliphatic carbocycles. The third-order valence-electron chi connectivity index (χ3n) is 2.66. The minimum Gasteiger partial charge on any atom is -0.494 e. The third-order valence-corrected chi connectivity index (χ3v) is 2.66. The van der Waals surface area contributed by atoms with Crippen molar-refractivity contribution in [2.24, 2.45) is 0 Å². The summed E-state index contributed by atoms with van der Waals surface area (Å²) >= 11 is 0. The maximum absolute atomic E-state index is 13.5. The van der Waals surface area contributed by atoms with E-state index in [1.54, 1.807) is 0 Å². The van der Waals surface area contributed by atoms with Gasteiger partial charge in [0.05, 0.1) is 13.7 Å². The lowest BCUT2D eigenvalue weighted by Crippen LogP contribution is -2.34. The van der Waals surface area contributed by atoms with Crippen molar-refractivity contribution in [3.8, 4) is 5.75 Å². The summed E-state index contributed by atoms with van der Waals surface area (Å²) in [4.78, 5) is 1.12. The van der Waals surface area contributed by atoms with Gasteiger partial charge in [0.15, 0.2) is 11.6 Å². The molecule has 1 N–H and O–H groups in total. The lowest BCUT2D eigenvalue weighted by molar-refractivity contribution is -0.147. The smallest absolute Gasteiger partial charge is 0.401 e. The highest BCUT2D eigenvalue weighted by atomic mass is 19.4. The average molecular weight is 295 g/mol. The fourth-order valence-electron chi connectivity index (χ4n) is 1.83. The molecule has 0 bridgehead atoms. The molecule has 0 radical (unpaired) electrons. The van der Waals surface area contributed by atoms with Crippen molar-refractivity contribution in [1.82, 2.24) is 4.90 Å². The first-order valence-electron chi connectivity index (χ1n) is 6.08. The lowest BCUT2D eigenvalue weighted by atomic mass is 10.2. The van der Waals surface area contributed by atoms with Crippen LogP contribution < -0.4 is 4.74 Å². The molecule has 0 saturated heterocycles. The molecule has 0 aromatic heterocycles. The standard InChI is InChI=1S/C13H17F4NO2/c1-20-12-4-3-10(7-11(12)14)8-18(5-2-6-19)9-13(15,16)17/h3-4,7,19H,2,5-6,8-9H2,1H3. The number of halogens is 4. The number of rotatable bonds is 7. The van der Waals surface area contributed by atoms with Gasteiger partial charge < -0.3 is 9.84 Å². The zero-order chi connectivity index (χ0) is 15.2. The monoisotopic (exact) mass is 295 g/mol. The first-order valence-corrected chi connectivity index (χ1v) is 6.08. The van der Waals surface area contributed by atoms with Crippen LogP contribution in [-0.4, -0.2) is 43.0 Å². The van der Waals surface area contributed by atoms with E-state index < -0.39 is 18.5 Å². The predicted molar refractivity (Wildman–Crippen MR) is 66.0 cm³/mol. The number of nitrogens with zero attached hydrogens (tertiary/aromatic N) is 1. The molecule has 3 nitrogen and oxygen atoms in total. The molecule has 0 saturated carbocycles. The fraction of sp³-hybridized carbons (Fsp3) is 0.538. The number of ether oxygens (including phenoxy) is 1. The van der Waals surface area contributed by atoms with Crippen LogP contribution in [0.1, 0.15) is 12.0 Å². The van der Waals surface area contributed by atoms with E-state index in [1.807, 2.05) is 0 Å². The van der Waals surface area contributed by atoms with Gasteiger partial charge in [-0.25, -0.2) is 4.39 Å². The molecule has 20 heavy (non-hydrogen) atoms. The second kappa shape index (κ2) is 7.44. The van der Waals surface area contributed by atoms with Gasteiger partial charge in [-0.3, -0.25) is 4.90 Å². The van der Waals surface area contributed by atoms with E-state index in [1.165, 1.54) is 19.2 Å². The summed E-state index contributed by atoms with van der Waals surface area (Å²) in [5.41, 5.74) is 0.422. The summed E-state index contributed by atoms with van der Waals surface area (Å²) in [7, 11) is 1.31. The van der Waals surface area contributed by atoms with Crippen LogP contribution in [0.2, 0.25) is 0 Å². The number of aliphatic hydroxyl groups excluding tert-OH is 1. The molecule has 7 heteroatoms. The summed E-state index contributed by atoms with van der Waals surface area (Å²) in [6.45, 7) is -1.24. The highest BCUT2D eigenvalue weighted by Crippen LogP contribution is 2.21. The van der Waals surface area contributed by atoms with E-state index in [-0.39, 0.29) is 31.9 Å². The zero-order valence-electron chi connectivity index (χ0n) is 11.1. The van der Waals surface area contributed by atoms with E-state index in [0.29, 0.717) is 5.56 Å². The van der Waals surface area contributed by atoms with Gasteiger partial charge in [-0.15, -0.1) is 0 Å². The van der Waals surface area contributed by atoms with Gasteiger partial charge in [-0.1, -0.05) is 6.07 Å². The maximum atomic E-state index is 13.5. The van der Waals surface area contributed by atoms with Gasteiger partial charge in [0, 0.05) is 19.7 Å². The summed E-state index contributed by atoms with van der Waals surface area (Å²) in [6, 6.07) is 4.05. The molecule has 1 aromatic carbocycles. The molecule has 0 fully saturated rings. The van der Waals surface area contributed by atoms with Gasteiger partial charge in [0.2, 0.25) is 0 Å². The highest BCUT2D eigenvalue weighted by molar-refractivity contribution is 5.29. The molecular formula is C13H17F4NO2. The number of hydrogen-bond donors (Lipinski definition) is 1. The minimum absolute atomic E-state index is 0.0412. The number of hydrogen-bond acceptors (Lipinski definition) is 3. The van der Waals surface area contributed by atoms with Crippen LogP contribution in [0.15, 0.2) is 18.2 Å². The first kappa shape index (κ1) is 16.7. The summed E-state index contributed by atoms with van der Waals surface area (Å²) in [5.74, 6) is -0.564. The summed E-state index contributed by atoms with van der Waals surface area (Å²) < 4.78 is 55.5. The second-order valence-electron chi connectivity index (χ2n) is 4.37. The summed E-state index contributed by atoms with van der Waals surface area (Å²) in [6.07, 6.45) is -4.10. The molecular weight excluding hydrogens is 278 g/mol. The van der Waals surface area contributed by atoms with E-state index in [4.69, 9.17) is 9.84 Å². The number of aliphatic hydroxyl groups is 1. The Morgan fingerprint density at radius 3 is 2.50 bits per heavy atom. The number of benzene rings is 1. The lowest BCUT2D eigenvalue weighted by Gasteiger charge is -2.23. The Bertz CT molecular complexity index is 423. The number of alkyl halides is 3. The Balaban J connectivity index is 2.75. The van der Waals surface area contributed by atoms with Crippen LogP contribution in [0.5, 0.6) is 5.75 Å². The van der Waals surface area contributed by atoms with Crippen molar-refractivity contribution in [2.45, 2.75) is 19.1 Å². The maximum Gasteiger partial charge on any atom is 0.401 e. The molecule has 1 aromatic rings. The highest BCUT2D eigenvalue weighted by Gasteiger charge is 2.30. The van der Waals surface area contributed by atoms with Crippen LogP contribution in [-0.2, 0) is 6.54 Å². The molecule has 0 heterocycles. The Hall–Kier alpha value is -1.34. The molecule has 114 valence electrons. The zero-order valence-corrected chi connectivity index (χ0v) is 11.1. The molecule has 0 atom stereocenters. The van der Waals surface area contributed by atoms with Gasteiger partial charge >= 0.3 is 6.18 Å². The Morgan fingerprint density at radius 1 is 1.30 bits per heavy atom. The van der Waals surface area contributed by atoms with Crippen molar-refractivity contribution in [1.29, 1.82) is 0 Å². The van der Waals surface area contributed by atoms with E-state index >= 15 is 0 Å². The fourth-order valence-corrected chi connectivity index (χ4v) is 1.83. The molecule has 0 unspecified atom stereocenters. The van der Waals surface area contributed by atoms with Crippen molar-refractivity contribution < 1.29 is 27.4 Å². The molecule has 0 aliphatic heterocycles. The van der Waals surface area contributed by atoms with Crippen LogP contribution in [0.4, 0.5) is 17.6 Å². The second-order valence-corrected chi connectivity index (χ2v) is 4.37. The number of methoxy groups -OCH3 is 1. The quantitative estimate of drug-likeness (QED) is 0.785. The first-order chi connectivity index (χ1) is 9.35. The molecule has 0 spiro atoms. The van der Waals surface area contributed by atoms with Gasteiger partial charge in [0.25, 0.3) is 0 Å². The largest absolute Gasteiger partial charge is 0.494 e. The minimum atomic E-state index is -4.33. The summed E-state index contributed by atoms with van der Waals surface area (Å²) in [5, 5.41) is 8.71. The van der Waals surface area contributed by atoms with Crippen LogP contribution in [0, 0.1) is 5.82 Å². The van der Waals surface area contributed by atoms with Crippen molar-refractivity contribution >= 4 is 0 Å². The SMILES string of the molecule is COc1ccc(CN(CCCO)CC(F)(F)F)cc1F. The molecule has 0 amide bonds. The van der Waals surface area contributed by atoms with Gasteiger partial charge in [-0.05, 0) is 24.1 Å². The van der Waals surface area contributed by atoms with E-state index in [0.717, 1.165) is 11.0 Å². The van der Waals surface area contributed by atoms with Gasteiger partial charge in [0.1, 0.15) is 0 Å². The molecule has 1 rings (SSSR count). The van der Waals surface area contributed by atoms with E-state index in [2.05, 4.69) is 0 Å². The normalized spacial score (nSPS) is 11.9. The van der Waals surface area contributed by atoms with Crippen molar-refractivity contribution in [2.75, 3.05) is 26.8 Å². The van der Waals surface area contributed by atoms with Crippen LogP contribution in [0.3, 0.4) is 0 Å². The third kappa shape index (κ3) is 5.75.